The highest BCUT2D eigenvalue weighted by molar-refractivity contribution is 7.99. The molecule has 0 aliphatic carbocycles. The lowest BCUT2D eigenvalue weighted by atomic mass is 10.1. The van der Waals surface area contributed by atoms with Gasteiger partial charge >= 0.3 is 6.03 Å². The number of benzene rings is 1. The number of imide groups is 1. The van der Waals surface area contributed by atoms with E-state index < -0.39 is 5.54 Å². The summed E-state index contributed by atoms with van der Waals surface area (Å²) < 4.78 is 5.70. The Labute approximate surface area is 135 Å². The first-order valence-corrected chi connectivity index (χ1v) is 8.47. The van der Waals surface area contributed by atoms with Gasteiger partial charge in [0.05, 0.1) is 6.61 Å². The summed E-state index contributed by atoms with van der Waals surface area (Å²) in [6.45, 7) is 6.50. The van der Waals surface area contributed by atoms with Crippen molar-refractivity contribution >= 4 is 23.7 Å². The highest BCUT2D eigenvalue weighted by atomic mass is 32.2. The topological polar surface area (TPSA) is 58.6 Å². The van der Waals surface area contributed by atoms with Crippen molar-refractivity contribution in [2.45, 2.75) is 26.3 Å². The standard InChI is InChI=1S/C16H22N2O3S/c1-12-6-4-5-7-13(12)21-9-11-22-10-8-18-14(19)16(2,3)17-15(18)20/h4-7H,8-11H2,1-3H3,(H,17,20). The summed E-state index contributed by atoms with van der Waals surface area (Å²) in [6.07, 6.45) is 0. The van der Waals surface area contributed by atoms with Gasteiger partial charge in [0.1, 0.15) is 11.3 Å². The van der Waals surface area contributed by atoms with Gasteiger partial charge in [0, 0.05) is 18.1 Å². The number of urea groups is 1. The van der Waals surface area contributed by atoms with Crippen LogP contribution in [0.3, 0.4) is 0 Å². The van der Waals surface area contributed by atoms with E-state index in [1.807, 2.05) is 31.2 Å². The Morgan fingerprint density at radius 2 is 1.95 bits per heavy atom. The van der Waals surface area contributed by atoms with Gasteiger partial charge in [0.2, 0.25) is 0 Å². The molecule has 1 aliphatic rings. The molecule has 22 heavy (non-hydrogen) atoms. The third kappa shape index (κ3) is 3.94. The minimum Gasteiger partial charge on any atom is -0.492 e. The first kappa shape index (κ1) is 16.7. The van der Waals surface area contributed by atoms with E-state index in [1.165, 1.54) is 4.90 Å². The van der Waals surface area contributed by atoms with E-state index in [-0.39, 0.29) is 11.9 Å². The van der Waals surface area contributed by atoms with Gasteiger partial charge in [-0.3, -0.25) is 9.69 Å². The molecular formula is C16H22N2O3S. The van der Waals surface area contributed by atoms with E-state index in [9.17, 15) is 9.59 Å². The van der Waals surface area contributed by atoms with E-state index in [0.29, 0.717) is 18.9 Å². The highest BCUT2D eigenvalue weighted by Crippen LogP contribution is 2.18. The number of para-hydroxylation sites is 1. The number of hydrogen-bond acceptors (Lipinski definition) is 4. The molecule has 0 unspecified atom stereocenters. The van der Waals surface area contributed by atoms with Crippen molar-refractivity contribution in [1.82, 2.24) is 10.2 Å². The lowest BCUT2D eigenvalue weighted by molar-refractivity contribution is -0.130. The maximum Gasteiger partial charge on any atom is 0.325 e. The van der Waals surface area contributed by atoms with Crippen LogP contribution in [-0.4, -0.2) is 47.0 Å². The fourth-order valence-corrected chi connectivity index (χ4v) is 2.92. The van der Waals surface area contributed by atoms with E-state index in [4.69, 9.17) is 4.74 Å². The molecule has 1 heterocycles. The second-order valence-corrected chi connectivity index (χ2v) is 6.96. The highest BCUT2D eigenvalue weighted by Gasteiger charge is 2.43. The molecule has 6 heteroatoms. The van der Waals surface area contributed by atoms with Crippen molar-refractivity contribution < 1.29 is 14.3 Å². The third-order valence-electron chi connectivity index (χ3n) is 3.48. The van der Waals surface area contributed by atoms with Crippen LogP contribution in [0.5, 0.6) is 5.75 Å². The quantitative estimate of drug-likeness (QED) is 0.619. The van der Waals surface area contributed by atoms with Crippen molar-refractivity contribution in [3.63, 3.8) is 0 Å². The number of ether oxygens (including phenoxy) is 1. The van der Waals surface area contributed by atoms with Crippen LogP contribution in [0.1, 0.15) is 19.4 Å². The van der Waals surface area contributed by atoms with Gasteiger partial charge in [0.25, 0.3) is 5.91 Å². The van der Waals surface area contributed by atoms with Crippen LogP contribution < -0.4 is 10.1 Å². The van der Waals surface area contributed by atoms with Crippen molar-refractivity contribution in [3.05, 3.63) is 29.8 Å². The monoisotopic (exact) mass is 322 g/mol. The zero-order valence-corrected chi connectivity index (χ0v) is 14.0. The Bertz CT molecular complexity index is 560. The van der Waals surface area contributed by atoms with Gasteiger partial charge in [-0.05, 0) is 32.4 Å². The van der Waals surface area contributed by atoms with E-state index in [1.54, 1.807) is 25.6 Å². The molecule has 0 spiro atoms. The number of carbonyl (C=O) groups excluding carboxylic acids is 2. The lowest BCUT2D eigenvalue weighted by Crippen LogP contribution is -2.40. The number of rotatable bonds is 7. The Morgan fingerprint density at radius 1 is 1.23 bits per heavy atom. The van der Waals surface area contributed by atoms with E-state index >= 15 is 0 Å². The van der Waals surface area contributed by atoms with Gasteiger partial charge in [-0.1, -0.05) is 18.2 Å². The molecule has 1 aliphatic heterocycles. The van der Waals surface area contributed by atoms with Crippen molar-refractivity contribution in [1.29, 1.82) is 0 Å². The number of nitrogens with zero attached hydrogens (tertiary/aromatic N) is 1. The van der Waals surface area contributed by atoms with E-state index in [0.717, 1.165) is 17.1 Å². The number of thioether (sulfide) groups is 1. The van der Waals surface area contributed by atoms with Crippen molar-refractivity contribution in [2.24, 2.45) is 0 Å². The maximum atomic E-state index is 12.0. The molecule has 1 fully saturated rings. The van der Waals surface area contributed by atoms with Gasteiger partial charge < -0.3 is 10.1 Å². The molecule has 1 saturated heterocycles. The number of nitrogens with one attached hydrogen (secondary N) is 1. The Morgan fingerprint density at radius 3 is 2.59 bits per heavy atom. The Balaban J connectivity index is 1.65. The number of carbonyl (C=O) groups is 2. The summed E-state index contributed by atoms with van der Waals surface area (Å²) in [5, 5.41) is 2.68. The summed E-state index contributed by atoms with van der Waals surface area (Å²) in [4.78, 5) is 25.0. The van der Waals surface area contributed by atoms with Crippen LogP contribution >= 0.6 is 11.8 Å². The number of aryl methyl sites for hydroxylation is 1. The molecule has 0 bridgehead atoms. The zero-order valence-electron chi connectivity index (χ0n) is 13.2. The molecule has 1 aromatic rings. The predicted molar refractivity (Wildman–Crippen MR) is 88.3 cm³/mol. The average Bonchev–Trinajstić information content (AvgIpc) is 2.65. The molecular weight excluding hydrogens is 300 g/mol. The maximum absolute atomic E-state index is 12.0. The largest absolute Gasteiger partial charge is 0.492 e. The fourth-order valence-electron chi connectivity index (χ4n) is 2.21. The molecule has 120 valence electrons. The van der Waals surface area contributed by atoms with Gasteiger partial charge in [-0.25, -0.2) is 4.79 Å². The van der Waals surface area contributed by atoms with Crippen molar-refractivity contribution in [3.8, 4) is 5.75 Å². The second-order valence-electron chi connectivity index (χ2n) is 5.74. The van der Waals surface area contributed by atoms with Gasteiger partial charge in [0.15, 0.2) is 0 Å². The van der Waals surface area contributed by atoms with E-state index in [2.05, 4.69) is 5.32 Å². The first-order valence-electron chi connectivity index (χ1n) is 7.32. The summed E-state index contributed by atoms with van der Waals surface area (Å²) >= 11 is 1.67. The minimum atomic E-state index is -0.782. The predicted octanol–water partition coefficient (Wildman–Crippen LogP) is 2.44. The minimum absolute atomic E-state index is 0.158. The lowest BCUT2D eigenvalue weighted by Gasteiger charge is -2.15. The number of amides is 3. The molecule has 0 saturated carbocycles. The SMILES string of the molecule is Cc1ccccc1OCCSCCN1C(=O)NC(C)(C)C1=O. The summed E-state index contributed by atoms with van der Waals surface area (Å²) in [7, 11) is 0. The molecule has 2 rings (SSSR count). The summed E-state index contributed by atoms with van der Waals surface area (Å²) in [5.41, 5.74) is 0.337. The molecule has 5 nitrogen and oxygen atoms in total. The summed E-state index contributed by atoms with van der Waals surface area (Å²) in [6, 6.07) is 7.61. The van der Waals surface area contributed by atoms with Crippen molar-refractivity contribution in [2.75, 3.05) is 24.7 Å². The fraction of sp³-hybridized carbons (Fsp3) is 0.500. The van der Waals surface area contributed by atoms with Gasteiger partial charge in [-0.15, -0.1) is 0 Å². The molecule has 1 aromatic carbocycles. The molecule has 0 atom stereocenters. The summed E-state index contributed by atoms with van der Waals surface area (Å²) in [5.74, 6) is 2.28. The normalized spacial score (nSPS) is 16.8. The molecule has 3 amide bonds. The van der Waals surface area contributed by atoms with Crippen LogP contribution in [0, 0.1) is 6.92 Å². The first-order chi connectivity index (χ1) is 10.4. The van der Waals surface area contributed by atoms with Gasteiger partial charge in [-0.2, -0.15) is 11.8 Å². The smallest absolute Gasteiger partial charge is 0.325 e. The van der Waals surface area contributed by atoms with Crippen LogP contribution in [0.4, 0.5) is 4.79 Å². The van der Waals surface area contributed by atoms with Crippen LogP contribution in [0.15, 0.2) is 24.3 Å². The van der Waals surface area contributed by atoms with Crippen LogP contribution in [-0.2, 0) is 4.79 Å². The Hall–Kier alpha value is -1.69. The molecule has 1 N–H and O–H groups in total. The third-order valence-corrected chi connectivity index (χ3v) is 4.41. The zero-order chi connectivity index (χ0) is 16.2. The second kappa shape index (κ2) is 7.05. The Kier molecular flexibility index (Phi) is 5.34. The van der Waals surface area contributed by atoms with Crippen LogP contribution in [0.25, 0.3) is 0 Å². The average molecular weight is 322 g/mol. The van der Waals surface area contributed by atoms with Crippen LogP contribution in [0.2, 0.25) is 0 Å². The molecule has 0 radical (unpaired) electrons. The molecule has 0 aromatic heterocycles. The number of hydrogen-bond donors (Lipinski definition) is 1.